The van der Waals surface area contributed by atoms with E-state index in [1.165, 1.54) is 12.1 Å². The molecular weight excluding hydrogens is 483 g/mol. The minimum Gasteiger partial charge on any atom is -0.483 e. The van der Waals surface area contributed by atoms with Gasteiger partial charge in [0, 0.05) is 55.9 Å². The molecule has 7 nitrogen and oxygen atoms in total. The van der Waals surface area contributed by atoms with Crippen LogP contribution in [0.5, 0.6) is 5.75 Å². The normalized spacial score (nSPS) is 19.0. The van der Waals surface area contributed by atoms with Gasteiger partial charge in [-0.05, 0) is 63.6 Å². The van der Waals surface area contributed by atoms with Crippen molar-refractivity contribution in [2.75, 3.05) is 33.3 Å². The molecule has 0 aliphatic carbocycles. The number of rotatable bonds is 8. The molecule has 3 atom stereocenters. The summed E-state index contributed by atoms with van der Waals surface area (Å²) in [4.78, 5) is 31.2. The second-order valence-corrected chi connectivity index (χ2v) is 9.83. The van der Waals surface area contributed by atoms with Gasteiger partial charge in [0.2, 0.25) is 0 Å². The minimum absolute atomic E-state index is 0.00485. The van der Waals surface area contributed by atoms with Crippen molar-refractivity contribution in [1.82, 2.24) is 20.0 Å². The third-order valence-electron chi connectivity index (χ3n) is 6.74. The van der Waals surface area contributed by atoms with E-state index < -0.39 is 0 Å². The maximum absolute atomic E-state index is 13.2. The van der Waals surface area contributed by atoms with Gasteiger partial charge in [-0.3, -0.25) is 9.69 Å². The van der Waals surface area contributed by atoms with Crippen LogP contribution in [0.3, 0.4) is 0 Å². The molecule has 3 rings (SSSR count). The van der Waals surface area contributed by atoms with Crippen LogP contribution < -0.4 is 10.1 Å². The summed E-state index contributed by atoms with van der Waals surface area (Å²) in [6, 6.07) is 11.4. The summed E-state index contributed by atoms with van der Waals surface area (Å²) in [6.07, 6.45) is 0. The third-order valence-corrected chi connectivity index (χ3v) is 6.97. The first-order valence-corrected chi connectivity index (χ1v) is 12.7. The summed E-state index contributed by atoms with van der Waals surface area (Å²) < 4.78 is 19.2. The van der Waals surface area contributed by atoms with E-state index >= 15 is 0 Å². The first-order valence-electron chi connectivity index (χ1n) is 12.3. The Bertz CT molecular complexity index is 1050. The number of carbonyl (C=O) groups is 2. The molecular formula is C27H36ClFN4O3. The molecule has 2 aromatic rings. The summed E-state index contributed by atoms with van der Waals surface area (Å²) >= 11 is 6.23. The molecule has 0 aromatic heterocycles. The molecule has 1 heterocycles. The number of nitrogens with one attached hydrogen (secondary N) is 1. The lowest BCUT2D eigenvalue weighted by molar-refractivity contribution is -0.139. The van der Waals surface area contributed by atoms with Crippen LogP contribution in [-0.4, -0.2) is 72.0 Å². The van der Waals surface area contributed by atoms with Gasteiger partial charge in [-0.15, -0.1) is 0 Å². The number of ether oxygens (including phenoxy) is 1. The summed E-state index contributed by atoms with van der Waals surface area (Å²) in [5, 5.41) is 3.31. The fourth-order valence-electron chi connectivity index (χ4n) is 4.45. The molecule has 1 fully saturated rings. The smallest absolute Gasteiger partial charge is 0.317 e. The number of carbonyl (C=O) groups excluding carboxylic acids is 2. The number of urea groups is 1. The van der Waals surface area contributed by atoms with E-state index in [0.29, 0.717) is 37.0 Å². The Balaban J connectivity index is 1.63. The summed E-state index contributed by atoms with van der Waals surface area (Å²) in [5.74, 6) is 0.179. The molecule has 196 valence electrons. The molecule has 1 unspecified atom stereocenters. The van der Waals surface area contributed by atoms with Gasteiger partial charge in [0.15, 0.2) is 6.61 Å². The molecule has 1 N–H and O–H groups in total. The molecule has 1 aliphatic rings. The lowest BCUT2D eigenvalue weighted by Crippen LogP contribution is -2.58. The molecule has 0 saturated carbocycles. The van der Waals surface area contributed by atoms with E-state index in [0.717, 1.165) is 11.1 Å². The Morgan fingerprint density at radius 2 is 1.86 bits per heavy atom. The van der Waals surface area contributed by atoms with Gasteiger partial charge >= 0.3 is 6.03 Å². The van der Waals surface area contributed by atoms with E-state index in [2.05, 4.69) is 17.1 Å². The number of benzene rings is 2. The Morgan fingerprint density at radius 1 is 1.17 bits per heavy atom. The average Bonchev–Trinajstić information content (AvgIpc) is 2.85. The van der Waals surface area contributed by atoms with Crippen molar-refractivity contribution in [3.63, 3.8) is 0 Å². The molecule has 0 bridgehead atoms. The highest BCUT2D eigenvalue weighted by Gasteiger charge is 2.32. The fourth-order valence-corrected chi connectivity index (χ4v) is 4.63. The van der Waals surface area contributed by atoms with Crippen LogP contribution in [0.2, 0.25) is 5.02 Å². The lowest BCUT2D eigenvalue weighted by Gasteiger charge is -2.44. The standard InChI is InChI=1S/C27H36ClFN4O3/c1-6-30-27(35)31(5)20(4)24-13-22(28)9-12-25(24)36-17-26(34)33-15-18(2)32(14-19(33)3)16-21-7-10-23(29)11-8-21/h7-13,18-20H,6,14-17H2,1-5H3,(H,30,35)/t18-,19+,20?/m0/s1. The van der Waals surface area contributed by atoms with Crippen molar-refractivity contribution in [3.8, 4) is 5.75 Å². The highest BCUT2D eigenvalue weighted by atomic mass is 35.5. The van der Waals surface area contributed by atoms with E-state index in [1.54, 1.807) is 42.3 Å². The molecule has 0 spiro atoms. The monoisotopic (exact) mass is 518 g/mol. The first kappa shape index (κ1) is 27.7. The zero-order chi connectivity index (χ0) is 26.4. The lowest BCUT2D eigenvalue weighted by atomic mass is 10.1. The van der Waals surface area contributed by atoms with E-state index in [-0.39, 0.29) is 42.5 Å². The predicted octanol–water partition coefficient (Wildman–Crippen LogP) is 4.70. The van der Waals surface area contributed by atoms with Gasteiger partial charge in [-0.25, -0.2) is 9.18 Å². The second kappa shape index (κ2) is 12.4. The predicted molar refractivity (Wildman–Crippen MR) is 140 cm³/mol. The Kier molecular flexibility index (Phi) is 9.56. The zero-order valence-electron chi connectivity index (χ0n) is 21.6. The van der Waals surface area contributed by atoms with E-state index in [4.69, 9.17) is 16.3 Å². The van der Waals surface area contributed by atoms with Crippen molar-refractivity contribution < 1.29 is 18.7 Å². The quantitative estimate of drug-likeness (QED) is 0.550. The van der Waals surface area contributed by atoms with Crippen LogP contribution in [0.1, 0.15) is 44.9 Å². The maximum atomic E-state index is 13.2. The Labute approximate surface area is 218 Å². The highest BCUT2D eigenvalue weighted by molar-refractivity contribution is 6.30. The van der Waals surface area contributed by atoms with Gasteiger partial charge in [0.1, 0.15) is 11.6 Å². The topological polar surface area (TPSA) is 65.1 Å². The van der Waals surface area contributed by atoms with E-state index in [9.17, 15) is 14.0 Å². The largest absolute Gasteiger partial charge is 0.483 e. The third kappa shape index (κ3) is 6.89. The first-order chi connectivity index (χ1) is 17.1. The second-order valence-electron chi connectivity index (χ2n) is 9.39. The minimum atomic E-state index is -0.311. The van der Waals surface area contributed by atoms with Gasteiger partial charge in [-0.2, -0.15) is 0 Å². The van der Waals surface area contributed by atoms with E-state index in [1.807, 2.05) is 25.7 Å². The van der Waals surface area contributed by atoms with Crippen LogP contribution in [0, 0.1) is 5.82 Å². The Morgan fingerprint density at radius 3 is 2.53 bits per heavy atom. The Hall–Kier alpha value is -2.84. The van der Waals surface area contributed by atoms with Crippen molar-refractivity contribution in [1.29, 1.82) is 0 Å². The fraction of sp³-hybridized carbons (Fsp3) is 0.481. The van der Waals surface area contributed by atoms with Crippen molar-refractivity contribution >= 4 is 23.5 Å². The molecule has 1 saturated heterocycles. The number of nitrogens with zero attached hydrogens (tertiary/aromatic N) is 3. The molecule has 0 radical (unpaired) electrons. The highest BCUT2D eigenvalue weighted by Crippen LogP contribution is 2.31. The number of hydrogen-bond acceptors (Lipinski definition) is 4. The van der Waals surface area contributed by atoms with Gasteiger partial charge in [0.05, 0.1) is 6.04 Å². The SMILES string of the molecule is CCNC(=O)N(C)C(C)c1cc(Cl)ccc1OCC(=O)N1C[C@H](C)N(Cc2ccc(F)cc2)C[C@H]1C. The van der Waals surface area contributed by atoms with Crippen LogP contribution in [-0.2, 0) is 11.3 Å². The average molecular weight is 519 g/mol. The van der Waals surface area contributed by atoms with Crippen LogP contribution in [0.4, 0.5) is 9.18 Å². The van der Waals surface area contributed by atoms with Crippen molar-refractivity contribution in [2.45, 2.75) is 52.4 Å². The van der Waals surface area contributed by atoms with Crippen LogP contribution in [0.25, 0.3) is 0 Å². The van der Waals surface area contributed by atoms with Gasteiger partial charge in [-0.1, -0.05) is 23.7 Å². The molecule has 2 aromatic carbocycles. The summed E-state index contributed by atoms with van der Waals surface area (Å²) in [6.45, 7) is 10.3. The van der Waals surface area contributed by atoms with Crippen molar-refractivity contribution in [2.24, 2.45) is 0 Å². The summed E-state index contributed by atoms with van der Waals surface area (Å²) in [7, 11) is 1.71. The molecule has 1 aliphatic heterocycles. The summed E-state index contributed by atoms with van der Waals surface area (Å²) in [5.41, 5.74) is 1.77. The molecule has 3 amide bonds. The van der Waals surface area contributed by atoms with Gasteiger partial charge < -0.3 is 19.9 Å². The van der Waals surface area contributed by atoms with Gasteiger partial charge in [0.25, 0.3) is 5.91 Å². The van der Waals surface area contributed by atoms with Crippen molar-refractivity contribution in [3.05, 3.63) is 64.4 Å². The molecule has 9 heteroatoms. The number of hydrogen-bond donors (Lipinski definition) is 1. The zero-order valence-corrected chi connectivity index (χ0v) is 22.4. The number of halogens is 2. The number of piperazine rings is 1. The number of amides is 3. The van der Waals surface area contributed by atoms with Crippen LogP contribution in [0.15, 0.2) is 42.5 Å². The maximum Gasteiger partial charge on any atom is 0.317 e. The van der Waals surface area contributed by atoms with Crippen LogP contribution >= 0.6 is 11.6 Å². The molecule has 36 heavy (non-hydrogen) atoms.